The molecule has 1 unspecified atom stereocenters. The summed E-state index contributed by atoms with van der Waals surface area (Å²) >= 11 is 0. The summed E-state index contributed by atoms with van der Waals surface area (Å²) in [6.45, 7) is 1.99. The highest BCUT2D eigenvalue weighted by molar-refractivity contribution is 5.41. The minimum absolute atomic E-state index is 0.687. The highest BCUT2D eigenvalue weighted by Crippen LogP contribution is 2.30. The van der Waals surface area contributed by atoms with Crippen molar-refractivity contribution in [2.75, 3.05) is 7.11 Å². The zero-order valence-corrected chi connectivity index (χ0v) is 10.2. The lowest BCUT2D eigenvalue weighted by molar-refractivity contribution is 0.214. The van der Waals surface area contributed by atoms with Crippen LogP contribution in [-0.2, 0) is 7.05 Å². The van der Waals surface area contributed by atoms with Crippen LogP contribution in [0.15, 0.2) is 30.6 Å². The second-order valence-corrected chi connectivity index (χ2v) is 4.10. The average Bonchev–Trinajstić information content (AvgIpc) is 2.75. The van der Waals surface area contributed by atoms with E-state index in [4.69, 9.17) is 4.74 Å². The number of methoxy groups -OCH3 is 1. The van der Waals surface area contributed by atoms with Crippen molar-refractivity contribution < 1.29 is 9.84 Å². The van der Waals surface area contributed by atoms with Crippen molar-refractivity contribution in [2.45, 2.75) is 13.0 Å². The number of nitrogens with zero attached hydrogens (tertiary/aromatic N) is 2. The second kappa shape index (κ2) is 4.59. The molecule has 17 heavy (non-hydrogen) atoms. The Balaban J connectivity index is 2.42. The maximum absolute atomic E-state index is 10.3. The van der Waals surface area contributed by atoms with E-state index in [1.807, 2.05) is 32.2 Å². The van der Waals surface area contributed by atoms with Crippen LogP contribution in [0, 0.1) is 6.92 Å². The van der Waals surface area contributed by atoms with Crippen LogP contribution in [0.5, 0.6) is 5.75 Å². The topological polar surface area (TPSA) is 47.3 Å². The fourth-order valence-electron chi connectivity index (χ4n) is 1.83. The van der Waals surface area contributed by atoms with E-state index in [1.165, 1.54) is 0 Å². The highest BCUT2D eigenvalue weighted by atomic mass is 16.5. The standard InChI is InChI=1S/C13H16N2O2/c1-9-4-5-12(17-3)11(6-9)13(16)10-7-14-15(2)8-10/h4-8,13,16H,1-3H3. The Morgan fingerprint density at radius 2 is 2.18 bits per heavy atom. The minimum atomic E-state index is -0.710. The fourth-order valence-corrected chi connectivity index (χ4v) is 1.83. The van der Waals surface area contributed by atoms with E-state index in [2.05, 4.69) is 5.10 Å². The fraction of sp³-hybridized carbons (Fsp3) is 0.308. The first kappa shape index (κ1) is 11.7. The molecular weight excluding hydrogens is 216 g/mol. The number of rotatable bonds is 3. The summed E-state index contributed by atoms with van der Waals surface area (Å²) in [6, 6.07) is 5.75. The predicted molar refractivity (Wildman–Crippen MR) is 65.0 cm³/mol. The van der Waals surface area contributed by atoms with E-state index in [0.717, 1.165) is 16.7 Å². The van der Waals surface area contributed by atoms with Gasteiger partial charge in [-0.3, -0.25) is 4.68 Å². The highest BCUT2D eigenvalue weighted by Gasteiger charge is 2.16. The monoisotopic (exact) mass is 232 g/mol. The number of hydrogen-bond acceptors (Lipinski definition) is 3. The normalized spacial score (nSPS) is 12.5. The Hall–Kier alpha value is -1.81. The zero-order valence-electron chi connectivity index (χ0n) is 10.2. The second-order valence-electron chi connectivity index (χ2n) is 4.10. The van der Waals surface area contributed by atoms with Crippen LogP contribution in [-0.4, -0.2) is 22.0 Å². The van der Waals surface area contributed by atoms with E-state index >= 15 is 0 Å². The summed E-state index contributed by atoms with van der Waals surface area (Å²) in [5, 5.41) is 14.4. The molecule has 1 heterocycles. The largest absolute Gasteiger partial charge is 0.496 e. The van der Waals surface area contributed by atoms with Crippen LogP contribution >= 0.6 is 0 Å². The number of aryl methyl sites for hydroxylation is 2. The molecule has 0 aliphatic carbocycles. The van der Waals surface area contributed by atoms with Gasteiger partial charge in [-0.15, -0.1) is 0 Å². The lowest BCUT2D eigenvalue weighted by Gasteiger charge is -2.14. The van der Waals surface area contributed by atoms with Crippen LogP contribution in [0.2, 0.25) is 0 Å². The molecule has 4 nitrogen and oxygen atoms in total. The average molecular weight is 232 g/mol. The number of hydrogen-bond donors (Lipinski definition) is 1. The maximum Gasteiger partial charge on any atom is 0.125 e. The van der Waals surface area contributed by atoms with Crippen LogP contribution in [0.25, 0.3) is 0 Å². The Bertz CT molecular complexity index is 520. The molecule has 0 aliphatic rings. The lowest BCUT2D eigenvalue weighted by atomic mass is 10.0. The van der Waals surface area contributed by atoms with Gasteiger partial charge in [0, 0.05) is 24.4 Å². The van der Waals surface area contributed by atoms with Crippen LogP contribution < -0.4 is 4.74 Å². The van der Waals surface area contributed by atoms with E-state index in [-0.39, 0.29) is 0 Å². The number of benzene rings is 1. The number of aliphatic hydroxyl groups is 1. The first-order chi connectivity index (χ1) is 8.11. The van der Waals surface area contributed by atoms with Crippen molar-refractivity contribution in [3.05, 3.63) is 47.3 Å². The summed E-state index contributed by atoms with van der Waals surface area (Å²) in [6.07, 6.45) is 2.75. The number of ether oxygens (including phenoxy) is 1. The van der Waals surface area contributed by atoms with Gasteiger partial charge in [0.1, 0.15) is 11.9 Å². The molecule has 0 radical (unpaired) electrons. The third-order valence-corrected chi connectivity index (χ3v) is 2.72. The van der Waals surface area contributed by atoms with Crippen molar-refractivity contribution in [3.8, 4) is 5.75 Å². The summed E-state index contributed by atoms with van der Waals surface area (Å²) in [4.78, 5) is 0. The Kier molecular flexibility index (Phi) is 3.15. The van der Waals surface area contributed by atoms with Crippen LogP contribution in [0.4, 0.5) is 0 Å². The molecule has 4 heteroatoms. The summed E-state index contributed by atoms with van der Waals surface area (Å²) in [5.74, 6) is 0.687. The molecule has 0 bridgehead atoms. The summed E-state index contributed by atoms with van der Waals surface area (Å²) in [5.41, 5.74) is 2.61. The molecule has 1 aromatic carbocycles. The van der Waals surface area contributed by atoms with Gasteiger partial charge in [-0.2, -0.15) is 5.10 Å². The van der Waals surface area contributed by atoms with E-state index in [1.54, 1.807) is 24.2 Å². The van der Waals surface area contributed by atoms with Crippen molar-refractivity contribution in [3.63, 3.8) is 0 Å². The van der Waals surface area contributed by atoms with E-state index < -0.39 is 6.10 Å². The third kappa shape index (κ3) is 2.31. The van der Waals surface area contributed by atoms with Crippen molar-refractivity contribution >= 4 is 0 Å². The quantitative estimate of drug-likeness (QED) is 0.878. The molecule has 0 amide bonds. The lowest BCUT2D eigenvalue weighted by Crippen LogP contribution is -2.02. The van der Waals surface area contributed by atoms with Gasteiger partial charge in [-0.1, -0.05) is 11.6 Å². The molecule has 0 aliphatic heterocycles. The van der Waals surface area contributed by atoms with E-state index in [0.29, 0.717) is 5.75 Å². The number of aliphatic hydroxyl groups excluding tert-OH is 1. The Morgan fingerprint density at radius 3 is 2.76 bits per heavy atom. The van der Waals surface area contributed by atoms with Crippen molar-refractivity contribution in [1.82, 2.24) is 9.78 Å². The smallest absolute Gasteiger partial charge is 0.125 e. The van der Waals surface area contributed by atoms with Gasteiger partial charge >= 0.3 is 0 Å². The maximum atomic E-state index is 10.3. The van der Waals surface area contributed by atoms with E-state index in [9.17, 15) is 5.11 Å². The molecule has 1 aromatic heterocycles. The first-order valence-corrected chi connectivity index (χ1v) is 5.43. The molecule has 1 atom stereocenters. The minimum Gasteiger partial charge on any atom is -0.496 e. The summed E-state index contributed by atoms with van der Waals surface area (Å²) < 4.78 is 6.93. The van der Waals surface area contributed by atoms with Gasteiger partial charge in [-0.25, -0.2) is 0 Å². The molecule has 0 saturated heterocycles. The predicted octanol–water partition coefficient (Wildman–Crippen LogP) is 1.82. The van der Waals surface area contributed by atoms with Gasteiger partial charge in [0.25, 0.3) is 0 Å². The molecule has 2 rings (SSSR count). The molecule has 0 fully saturated rings. The van der Waals surface area contributed by atoms with Crippen molar-refractivity contribution in [2.24, 2.45) is 7.05 Å². The zero-order chi connectivity index (χ0) is 12.4. The number of aromatic nitrogens is 2. The van der Waals surface area contributed by atoms with Gasteiger partial charge in [0.2, 0.25) is 0 Å². The van der Waals surface area contributed by atoms with Gasteiger partial charge in [0.15, 0.2) is 0 Å². The SMILES string of the molecule is COc1ccc(C)cc1C(O)c1cnn(C)c1. The van der Waals surface area contributed by atoms with Gasteiger partial charge < -0.3 is 9.84 Å². The van der Waals surface area contributed by atoms with Gasteiger partial charge in [0.05, 0.1) is 13.3 Å². The molecule has 90 valence electrons. The van der Waals surface area contributed by atoms with Crippen molar-refractivity contribution in [1.29, 1.82) is 0 Å². The Morgan fingerprint density at radius 1 is 1.41 bits per heavy atom. The molecule has 0 saturated carbocycles. The third-order valence-electron chi connectivity index (χ3n) is 2.72. The molecule has 1 N–H and O–H groups in total. The molecule has 2 aromatic rings. The van der Waals surface area contributed by atoms with Crippen LogP contribution in [0.1, 0.15) is 22.8 Å². The first-order valence-electron chi connectivity index (χ1n) is 5.43. The summed E-state index contributed by atoms with van der Waals surface area (Å²) in [7, 11) is 3.42. The molecule has 0 spiro atoms. The van der Waals surface area contributed by atoms with Crippen LogP contribution in [0.3, 0.4) is 0 Å². The van der Waals surface area contributed by atoms with Gasteiger partial charge in [-0.05, 0) is 19.1 Å². The Labute approximate surface area is 100 Å². The molecular formula is C13H16N2O2.